The maximum Gasteiger partial charge on any atom is 0.0831 e. The SMILES string of the molecule is CNC(CO)COC1CCOC1. The Morgan fingerprint density at radius 1 is 1.75 bits per heavy atom. The highest BCUT2D eigenvalue weighted by Gasteiger charge is 2.17. The van der Waals surface area contributed by atoms with Gasteiger partial charge in [-0.3, -0.25) is 0 Å². The Kier molecular flexibility index (Phi) is 4.53. The van der Waals surface area contributed by atoms with E-state index < -0.39 is 0 Å². The minimum absolute atomic E-state index is 0.0469. The van der Waals surface area contributed by atoms with Gasteiger partial charge in [-0.25, -0.2) is 0 Å². The van der Waals surface area contributed by atoms with E-state index in [1.165, 1.54) is 0 Å². The van der Waals surface area contributed by atoms with Gasteiger partial charge in [-0.15, -0.1) is 0 Å². The highest BCUT2D eigenvalue weighted by atomic mass is 16.5. The number of likely N-dealkylation sites (N-methyl/N-ethyl adjacent to an activating group) is 1. The number of nitrogens with one attached hydrogen (secondary N) is 1. The summed E-state index contributed by atoms with van der Waals surface area (Å²) in [5.41, 5.74) is 0. The van der Waals surface area contributed by atoms with Gasteiger partial charge in [0, 0.05) is 6.61 Å². The lowest BCUT2D eigenvalue weighted by atomic mass is 10.3. The Balaban J connectivity index is 2.06. The molecule has 72 valence electrons. The Labute approximate surface area is 72.9 Å². The Morgan fingerprint density at radius 2 is 2.58 bits per heavy atom. The monoisotopic (exact) mass is 175 g/mol. The third-order valence-corrected chi connectivity index (χ3v) is 2.05. The predicted molar refractivity (Wildman–Crippen MR) is 45.1 cm³/mol. The molecular formula is C8H17NO3. The Bertz CT molecular complexity index is 109. The first-order valence-electron chi connectivity index (χ1n) is 4.34. The molecular weight excluding hydrogens is 158 g/mol. The standard InChI is InChI=1S/C8H17NO3/c1-9-7(4-10)5-12-8-2-3-11-6-8/h7-10H,2-6H2,1H3. The number of aliphatic hydroxyl groups excluding tert-OH is 1. The van der Waals surface area contributed by atoms with Crippen LogP contribution in [0.25, 0.3) is 0 Å². The van der Waals surface area contributed by atoms with Crippen LogP contribution in [0.3, 0.4) is 0 Å². The molecule has 12 heavy (non-hydrogen) atoms. The molecule has 0 saturated carbocycles. The van der Waals surface area contributed by atoms with Gasteiger partial charge in [0.1, 0.15) is 0 Å². The quantitative estimate of drug-likeness (QED) is 0.584. The third-order valence-electron chi connectivity index (χ3n) is 2.05. The normalized spacial score (nSPS) is 26.0. The highest BCUT2D eigenvalue weighted by Crippen LogP contribution is 2.07. The molecule has 0 aromatic heterocycles. The van der Waals surface area contributed by atoms with Gasteiger partial charge < -0.3 is 19.9 Å². The highest BCUT2D eigenvalue weighted by molar-refractivity contribution is 4.66. The first-order chi connectivity index (χ1) is 5.86. The predicted octanol–water partition coefficient (Wildman–Crippen LogP) is -0.628. The minimum Gasteiger partial charge on any atom is -0.395 e. The second kappa shape index (κ2) is 5.48. The van der Waals surface area contributed by atoms with E-state index in [0.29, 0.717) is 13.2 Å². The van der Waals surface area contributed by atoms with E-state index in [1.807, 2.05) is 7.05 Å². The summed E-state index contributed by atoms with van der Waals surface area (Å²) in [4.78, 5) is 0. The van der Waals surface area contributed by atoms with E-state index in [-0.39, 0.29) is 18.8 Å². The first kappa shape index (κ1) is 9.92. The minimum atomic E-state index is 0.0469. The van der Waals surface area contributed by atoms with Gasteiger partial charge in [0.25, 0.3) is 0 Å². The number of rotatable bonds is 5. The second-order valence-electron chi connectivity index (χ2n) is 2.99. The molecule has 0 aromatic rings. The van der Waals surface area contributed by atoms with Crippen molar-refractivity contribution in [3.63, 3.8) is 0 Å². The van der Waals surface area contributed by atoms with Crippen molar-refractivity contribution >= 4 is 0 Å². The molecule has 0 radical (unpaired) electrons. The van der Waals surface area contributed by atoms with E-state index in [0.717, 1.165) is 13.0 Å². The van der Waals surface area contributed by atoms with Crippen LogP contribution in [0.15, 0.2) is 0 Å². The lowest BCUT2D eigenvalue weighted by Gasteiger charge is -2.16. The van der Waals surface area contributed by atoms with Crippen LogP contribution in [0.4, 0.5) is 0 Å². The lowest BCUT2D eigenvalue weighted by molar-refractivity contribution is 0.0220. The summed E-state index contributed by atoms with van der Waals surface area (Å²) in [5.74, 6) is 0. The fraction of sp³-hybridized carbons (Fsp3) is 1.00. The number of hydrogen-bond acceptors (Lipinski definition) is 4. The van der Waals surface area contributed by atoms with Gasteiger partial charge in [-0.05, 0) is 13.5 Å². The number of ether oxygens (including phenoxy) is 2. The molecule has 0 amide bonds. The molecule has 4 nitrogen and oxygen atoms in total. The van der Waals surface area contributed by atoms with E-state index >= 15 is 0 Å². The molecule has 0 aliphatic carbocycles. The largest absolute Gasteiger partial charge is 0.395 e. The van der Waals surface area contributed by atoms with Gasteiger partial charge in [0.15, 0.2) is 0 Å². The molecule has 2 unspecified atom stereocenters. The van der Waals surface area contributed by atoms with Crippen LogP contribution in [0, 0.1) is 0 Å². The molecule has 1 saturated heterocycles. The fourth-order valence-electron chi connectivity index (χ4n) is 1.12. The van der Waals surface area contributed by atoms with Crippen molar-refractivity contribution in [2.24, 2.45) is 0 Å². The number of aliphatic hydroxyl groups is 1. The van der Waals surface area contributed by atoms with Crippen LogP contribution in [-0.4, -0.2) is 50.7 Å². The van der Waals surface area contributed by atoms with E-state index in [1.54, 1.807) is 0 Å². The third kappa shape index (κ3) is 3.06. The van der Waals surface area contributed by atoms with Crippen LogP contribution in [-0.2, 0) is 9.47 Å². The summed E-state index contributed by atoms with van der Waals surface area (Å²) in [6.07, 6.45) is 1.20. The average molecular weight is 175 g/mol. The summed E-state index contributed by atoms with van der Waals surface area (Å²) in [7, 11) is 1.81. The van der Waals surface area contributed by atoms with Gasteiger partial charge >= 0.3 is 0 Å². The van der Waals surface area contributed by atoms with E-state index in [2.05, 4.69) is 5.32 Å². The zero-order valence-corrected chi connectivity index (χ0v) is 7.45. The van der Waals surface area contributed by atoms with Crippen molar-refractivity contribution in [3.8, 4) is 0 Å². The molecule has 4 heteroatoms. The molecule has 0 aromatic carbocycles. The molecule has 0 spiro atoms. The van der Waals surface area contributed by atoms with E-state index in [4.69, 9.17) is 14.6 Å². The van der Waals surface area contributed by atoms with Crippen molar-refractivity contribution in [2.45, 2.75) is 18.6 Å². The summed E-state index contributed by atoms with van der Waals surface area (Å²) in [6, 6.07) is 0.0469. The summed E-state index contributed by atoms with van der Waals surface area (Å²) >= 11 is 0. The van der Waals surface area contributed by atoms with Gasteiger partial charge in [-0.2, -0.15) is 0 Å². The van der Waals surface area contributed by atoms with Gasteiger partial charge in [0.2, 0.25) is 0 Å². The summed E-state index contributed by atoms with van der Waals surface area (Å²) < 4.78 is 10.6. The smallest absolute Gasteiger partial charge is 0.0831 e. The summed E-state index contributed by atoms with van der Waals surface area (Å²) in [5, 5.41) is 11.8. The maximum atomic E-state index is 8.83. The first-order valence-corrected chi connectivity index (χ1v) is 4.34. The van der Waals surface area contributed by atoms with Crippen molar-refractivity contribution in [1.29, 1.82) is 0 Å². The lowest BCUT2D eigenvalue weighted by Crippen LogP contribution is -2.35. The maximum absolute atomic E-state index is 8.83. The molecule has 1 fully saturated rings. The number of hydrogen-bond donors (Lipinski definition) is 2. The Hall–Kier alpha value is -0.160. The molecule has 1 aliphatic rings. The molecule has 0 bridgehead atoms. The molecule has 1 aliphatic heterocycles. The summed E-state index contributed by atoms with van der Waals surface area (Å²) in [6.45, 7) is 2.17. The van der Waals surface area contributed by atoms with Crippen LogP contribution < -0.4 is 5.32 Å². The molecule has 1 rings (SSSR count). The van der Waals surface area contributed by atoms with Crippen molar-refractivity contribution in [1.82, 2.24) is 5.32 Å². The van der Waals surface area contributed by atoms with Crippen LogP contribution in [0.5, 0.6) is 0 Å². The fourth-order valence-corrected chi connectivity index (χ4v) is 1.12. The topological polar surface area (TPSA) is 50.7 Å². The van der Waals surface area contributed by atoms with Crippen molar-refractivity contribution in [2.75, 3.05) is 33.5 Å². The van der Waals surface area contributed by atoms with Crippen LogP contribution in [0.1, 0.15) is 6.42 Å². The van der Waals surface area contributed by atoms with Crippen LogP contribution in [0.2, 0.25) is 0 Å². The van der Waals surface area contributed by atoms with Gasteiger partial charge in [0.05, 0.1) is 32.0 Å². The average Bonchev–Trinajstić information content (AvgIpc) is 2.59. The van der Waals surface area contributed by atoms with Crippen molar-refractivity contribution < 1.29 is 14.6 Å². The van der Waals surface area contributed by atoms with Gasteiger partial charge in [-0.1, -0.05) is 0 Å². The Morgan fingerprint density at radius 3 is 3.08 bits per heavy atom. The van der Waals surface area contributed by atoms with E-state index in [9.17, 15) is 0 Å². The van der Waals surface area contributed by atoms with Crippen molar-refractivity contribution in [3.05, 3.63) is 0 Å². The molecule has 2 atom stereocenters. The zero-order chi connectivity index (χ0) is 8.81. The van der Waals surface area contributed by atoms with Crippen LogP contribution >= 0.6 is 0 Å². The molecule has 2 N–H and O–H groups in total. The zero-order valence-electron chi connectivity index (χ0n) is 7.45. The second-order valence-corrected chi connectivity index (χ2v) is 2.99. The molecule has 1 heterocycles.